The molecule has 1 heterocycles. The summed E-state index contributed by atoms with van der Waals surface area (Å²) < 4.78 is 29.9. The number of oxazole rings is 1. The largest absolute Gasteiger partial charge is 0.440 e. The molecule has 0 aliphatic rings. The van der Waals surface area contributed by atoms with Crippen molar-refractivity contribution >= 4 is 21.1 Å². The zero-order valence-corrected chi connectivity index (χ0v) is 10.5. The van der Waals surface area contributed by atoms with Gasteiger partial charge in [-0.05, 0) is 12.1 Å². The molecule has 0 saturated carbocycles. The van der Waals surface area contributed by atoms with Gasteiger partial charge in [-0.25, -0.2) is 18.1 Å². The highest BCUT2D eigenvalue weighted by Gasteiger charge is 2.14. The van der Waals surface area contributed by atoms with E-state index in [2.05, 4.69) is 9.71 Å². The van der Waals surface area contributed by atoms with Crippen LogP contribution >= 0.6 is 0 Å². The summed E-state index contributed by atoms with van der Waals surface area (Å²) in [6, 6.07) is 7.45. The van der Waals surface area contributed by atoms with E-state index in [1.165, 1.54) is 0 Å². The molecule has 0 fully saturated rings. The van der Waals surface area contributed by atoms with Crippen molar-refractivity contribution in [3.05, 3.63) is 30.2 Å². The Morgan fingerprint density at radius 2 is 2.12 bits per heavy atom. The van der Waals surface area contributed by atoms with Crippen molar-refractivity contribution in [1.29, 1.82) is 0 Å². The maximum atomic E-state index is 11.0. The van der Waals surface area contributed by atoms with E-state index >= 15 is 0 Å². The Balaban J connectivity index is 2.16. The highest BCUT2D eigenvalue weighted by molar-refractivity contribution is 7.88. The van der Waals surface area contributed by atoms with E-state index in [0.717, 1.165) is 11.8 Å². The molecule has 92 valence electrons. The van der Waals surface area contributed by atoms with Crippen LogP contribution in [0.5, 0.6) is 0 Å². The van der Waals surface area contributed by atoms with Gasteiger partial charge in [0.2, 0.25) is 10.0 Å². The third-order valence-corrected chi connectivity index (χ3v) is 3.07. The van der Waals surface area contributed by atoms with Gasteiger partial charge in [0.05, 0.1) is 6.26 Å². The average molecular weight is 254 g/mol. The zero-order valence-electron chi connectivity index (χ0n) is 9.67. The summed E-state index contributed by atoms with van der Waals surface area (Å²) in [4.78, 5) is 4.31. The SMILES string of the molecule is CC(CNS(C)(=O)=O)c1nc2ccccc2o1. The molecule has 0 radical (unpaired) electrons. The molecular formula is C11H14N2O3S. The third-order valence-electron chi connectivity index (χ3n) is 2.38. The Kier molecular flexibility index (Phi) is 3.17. The molecule has 2 rings (SSSR count). The molecule has 17 heavy (non-hydrogen) atoms. The minimum Gasteiger partial charge on any atom is -0.440 e. The van der Waals surface area contributed by atoms with E-state index in [9.17, 15) is 8.42 Å². The number of fused-ring (bicyclic) bond motifs is 1. The minimum atomic E-state index is -3.18. The molecule has 0 saturated heterocycles. The smallest absolute Gasteiger partial charge is 0.208 e. The van der Waals surface area contributed by atoms with E-state index in [1.54, 1.807) is 0 Å². The van der Waals surface area contributed by atoms with Crippen molar-refractivity contribution < 1.29 is 12.8 Å². The van der Waals surface area contributed by atoms with Gasteiger partial charge in [0, 0.05) is 12.5 Å². The lowest BCUT2D eigenvalue weighted by molar-refractivity contribution is 0.480. The first-order valence-electron chi connectivity index (χ1n) is 5.26. The summed E-state index contributed by atoms with van der Waals surface area (Å²) in [6.07, 6.45) is 1.13. The fourth-order valence-electron chi connectivity index (χ4n) is 1.46. The lowest BCUT2D eigenvalue weighted by Gasteiger charge is -2.06. The highest BCUT2D eigenvalue weighted by Crippen LogP contribution is 2.20. The van der Waals surface area contributed by atoms with Crippen molar-refractivity contribution in [3.63, 3.8) is 0 Å². The lowest BCUT2D eigenvalue weighted by Crippen LogP contribution is -2.26. The molecule has 0 bridgehead atoms. The molecule has 1 unspecified atom stereocenters. The molecule has 1 aromatic heterocycles. The molecule has 1 aromatic carbocycles. The predicted molar refractivity (Wildman–Crippen MR) is 65.3 cm³/mol. The average Bonchev–Trinajstić information content (AvgIpc) is 2.68. The molecule has 0 amide bonds. The Morgan fingerprint density at radius 1 is 1.41 bits per heavy atom. The van der Waals surface area contributed by atoms with Crippen LogP contribution in [0.4, 0.5) is 0 Å². The first kappa shape index (κ1) is 12.1. The predicted octanol–water partition coefficient (Wildman–Crippen LogP) is 1.48. The maximum Gasteiger partial charge on any atom is 0.208 e. The van der Waals surface area contributed by atoms with Crippen LogP contribution in [0.25, 0.3) is 11.1 Å². The van der Waals surface area contributed by atoms with Crippen LogP contribution in [0.2, 0.25) is 0 Å². The normalized spacial score (nSPS) is 14.0. The van der Waals surface area contributed by atoms with E-state index in [0.29, 0.717) is 11.5 Å². The molecule has 0 aliphatic heterocycles. The fourth-order valence-corrected chi connectivity index (χ4v) is 2.02. The van der Waals surface area contributed by atoms with Gasteiger partial charge < -0.3 is 4.42 Å². The monoisotopic (exact) mass is 254 g/mol. The van der Waals surface area contributed by atoms with Crippen LogP contribution < -0.4 is 4.72 Å². The van der Waals surface area contributed by atoms with Gasteiger partial charge in [0.25, 0.3) is 0 Å². The molecule has 5 nitrogen and oxygen atoms in total. The van der Waals surface area contributed by atoms with E-state index < -0.39 is 10.0 Å². The molecule has 2 aromatic rings. The summed E-state index contributed by atoms with van der Waals surface area (Å²) in [6.45, 7) is 2.15. The lowest BCUT2D eigenvalue weighted by atomic mass is 10.2. The number of aromatic nitrogens is 1. The second kappa shape index (κ2) is 4.46. The molecule has 1 atom stereocenters. The quantitative estimate of drug-likeness (QED) is 0.897. The molecule has 0 aliphatic carbocycles. The third kappa shape index (κ3) is 3.04. The van der Waals surface area contributed by atoms with E-state index in [1.807, 2.05) is 31.2 Å². The molecule has 6 heteroatoms. The number of para-hydroxylation sites is 2. The molecule has 1 N–H and O–H groups in total. The number of nitrogens with one attached hydrogen (secondary N) is 1. The summed E-state index contributed by atoms with van der Waals surface area (Å²) >= 11 is 0. The van der Waals surface area contributed by atoms with Crippen LogP contribution in [0.3, 0.4) is 0 Å². The van der Waals surface area contributed by atoms with Crippen molar-refractivity contribution in [2.24, 2.45) is 0 Å². The van der Waals surface area contributed by atoms with Crippen LogP contribution in [0, 0.1) is 0 Å². The van der Waals surface area contributed by atoms with Gasteiger partial charge in [0.15, 0.2) is 11.5 Å². The Bertz CT molecular complexity index is 585. The number of sulfonamides is 1. The highest BCUT2D eigenvalue weighted by atomic mass is 32.2. The number of rotatable bonds is 4. The maximum absolute atomic E-state index is 11.0. The van der Waals surface area contributed by atoms with Gasteiger partial charge in [-0.2, -0.15) is 0 Å². The standard InChI is InChI=1S/C11H14N2O3S/c1-8(7-12-17(2,14)15)11-13-9-5-3-4-6-10(9)16-11/h3-6,8,12H,7H2,1-2H3. The first-order valence-corrected chi connectivity index (χ1v) is 7.15. The van der Waals surface area contributed by atoms with Gasteiger partial charge >= 0.3 is 0 Å². The number of hydrogen-bond donors (Lipinski definition) is 1. The summed E-state index contributed by atoms with van der Waals surface area (Å²) in [5.41, 5.74) is 1.50. The van der Waals surface area contributed by atoms with Crippen molar-refractivity contribution in [2.75, 3.05) is 12.8 Å². The van der Waals surface area contributed by atoms with Crippen LogP contribution in [-0.4, -0.2) is 26.2 Å². The van der Waals surface area contributed by atoms with Crippen molar-refractivity contribution in [2.45, 2.75) is 12.8 Å². The first-order chi connectivity index (χ1) is 7.96. The topological polar surface area (TPSA) is 72.2 Å². The Morgan fingerprint density at radius 3 is 2.76 bits per heavy atom. The van der Waals surface area contributed by atoms with Crippen LogP contribution in [-0.2, 0) is 10.0 Å². The zero-order chi connectivity index (χ0) is 12.5. The summed E-state index contributed by atoms with van der Waals surface area (Å²) in [7, 11) is -3.18. The van der Waals surface area contributed by atoms with Crippen molar-refractivity contribution in [1.82, 2.24) is 9.71 Å². The number of nitrogens with zero attached hydrogens (tertiary/aromatic N) is 1. The Labute approximate surface area is 99.9 Å². The second-order valence-corrected chi connectivity index (χ2v) is 5.87. The van der Waals surface area contributed by atoms with Gasteiger partial charge in [0.1, 0.15) is 5.52 Å². The molecular weight excluding hydrogens is 240 g/mol. The minimum absolute atomic E-state index is 0.0999. The van der Waals surface area contributed by atoms with Crippen molar-refractivity contribution in [3.8, 4) is 0 Å². The van der Waals surface area contributed by atoms with Gasteiger partial charge in [-0.3, -0.25) is 0 Å². The fraction of sp³-hybridized carbons (Fsp3) is 0.364. The van der Waals surface area contributed by atoms with E-state index in [4.69, 9.17) is 4.42 Å². The van der Waals surface area contributed by atoms with Crippen LogP contribution in [0.1, 0.15) is 18.7 Å². The summed E-state index contributed by atoms with van der Waals surface area (Å²) in [5.74, 6) is 0.444. The van der Waals surface area contributed by atoms with Crippen LogP contribution in [0.15, 0.2) is 28.7 Å². The van der Waals surface area contributed by atoms with Gasteiger partial charge in [-0.15, -0.1) is 0 Å². The number of hydrogen-bond acceptors (Lipinski definition) is 4. The number of benzene rings is 1. The molecule has 0 spiro atoms. The van der Waals surface area contributed by atoms with Gasteiger partial charge in [-0.1, -0.05) is 19.1 Å². The summed E-state index contributed by atoms with van der Waals surface area (Å²) in [5, 5.41) is 0. The Hall–Kier alpha value is -1.40. The second-order valence-electron chi connectivity index (χ2n) is 4.04. The van der Waals surface area contributed by atoms with E-state index in [-0.39, 0.29) is 12.5 Å².